The molecule has 21 heavy (non-hydrogen) atoms. The summed E-state index contributed by atoms with van der Waals surface area (Å²) in [6.07, 6.45) is 8.26. The Morgan fingerprint density at radius 2 is 2.10 bits per heavy atom. The zero-order valence-electron chi connectivity index (χ0n) is 13.4. The third-order valence-electron chi connectivity index (χ3n) is 6.18. The van der Waals surface area contributed by atoms with Crippen molar-refractivity contribution in [2.45, 2.75) is 65.4 Å². The molecule has 2 fully saturated rings. The van der Waals surface area contributed by atoms with Crippen LogP contribution in [0, 0.1) is 23.2 Å². The summed E-state index contributed by atoms with van der Waals surface area (Å²) >= 11 is 0. The van der Waals surface area contributed by atoms with Gasteiger partial charge in [0, 0.05) is 25.2 Å². The second-order valence-electron chi connectivity index (χ2n) is 7.45. The van der Waals surface area contributed by atoms with Crippen molar-refractivity contribution in [1.82, 2.24) is 0 Å². The SMILES string of the molecule is CC(=O)O[C@@H]1CC[C@@]2(C)C(=CC[C@@H]3C(=O)[C@H](C)CC[C@@H]32)C1. The fraction of sp³-hybridized carbons (Fsp3) is 0.778. The van der Waals surface area contributed by atoms with Crippen molar-refractivity contribution < 1.29 is 14.3 Å². The highest BCUT2D eigenvalue weighted by molar-refractivity contribution is 5.84. The highest BCUT2D eigenvalue weighted by Crippen LogP contribution is 2.56. The summed E-state index contributed by atoms with van der Waals surface area (Å²) in [6, 6.07) is 0. The molecule has 0 aliphatic heterocycles. The Kier molecular flexibility index (Phi) is 3.71. The van der Waals surface area contributed by atoms with Crippen LogP contribution in [0.15, 0.2) is 11.6 Å². The van der Waals surface area contributed by atoms with E-state index in [1.165, 1.54) is 18.9 Å². The first-order valence-electron chi connectivity index (χ1n) is 8.32. The summed E-state index contributed by atoms with van der Waals surface area (Å²) in [5.74, 6) is 1.26. The van der Waals surface area contributed by atoms with Crippen molar-refractivity contribution in [2.24, 2.45) is 23.2 Å². The molecular weight excluding hydrogens is 264 g/mol. The predicted octanol–water partition coefficient (Wildman–Crippen LogP) is 3.67. The van der Waals surface area contributed by atoms with E-state index in [0.717, 1.165) is 32.1 Å². The molecule has 0 saturated heterocycles. The Morgan fingerprint density at radius 3 is 2.81 bits per heavy atom. The molecule has 0 aromatic rings. The fourth-order valence-electron chi connectivity index (χ4n) is 4.93. The van der Waals surface area contributed by atoms with E-state index in [4.69, 9.17) is 4.74 Å². The minimum Gasteiger partial charge on any atom is -0.462 e. The van der Waals surface area contributed by atoms with Gasteiger partial charge >= 0.3 is 5.97 Å². The van der Waals surface area contributed by atoms with E-state index >= 15 is 0 Å². The monoisotopic (exact) mass is 290 g/mol. The van der Waals surface area contributed by atoms with Gasteiger partial charge in [-0.15, -0.1) is 0 Å². The minimum absolute atomic E-state index is 0.0385. The van der Waals surface area contributed by atoms with Crippen LogP contribution in [-0.4, -0.2) is 17.9 Å². The van der Waals surface area contributed by atoms with Gasteiger partial charge in [-0.05, 0) is 43.4 Å². The number of carbonyl (C=O) groups is 2. The van der Waals surface area contributed by atoms with E-state index in [1.807, 2.05) is 0 Å². The van der Waals surface area contributed by atoms with Crippen LogP contribution in [0.2, 0.25) is 0 Å². The van der Waals surface area contributed by atoms with Gasteiger partial charge in [0.2, 0.25) is 0 Å². The normalized spacial score (nSPS) is 42.6. The molecule has 5 atom stereocenters. The van der Waals surface area contributed by atoms with Gasteiger partial charge in [-0.1, -0.05) is 25.5 Å². The average molecular weight is 290 g/mol. The standard InChI is InChI=1S/C18H26O3/c1-11-4-7-16-15(17(11)20)6-5-13-10-14(21-12(2)19)8-9-18(13,16)3/h5,11,14-16H,4,6-10H2,1-3H3/t11-,14-,15+,16+,18+/m1/s1. The van der Waals surface area contributed by atoms with Gasteiger partial charge in [0.25, 0.3) is 0 Å². The second kappa shape index (κ2) is 5.26. The van der Waals surface area contributed by atoms with Crippen molar-refractivity contribution in [3.05, 3.63) is 11.6 Å². The largest absolute Gasteiger partial charge is 0.462 e. The number of ether oxygens (including phenoxy) is 1. The number of carbonyl (C=O) groups excluding carboxylic acids is 2. The van der Waals surface area contributed by atoms with Crippen LogP contribution in [0.5, 0.6) is 0 Å². The summed E-state index contributed by atoms with van der Waals surface area (Å²) in [5.41, 5.74) is 1.58. The van der Waals surface area contributed by atoms with Crippen LogP contribution < -0.4 is 0 Å². The first-order chi connectivity index (χ1) is 9.91. The maximum absolute atomic E-state index is 12.5. The van der Waals surface area contributed by atoms with Crippen molar-refractivity contribution in [2.75, 3.05) is 0 Å². The lowest BCUT2D eigenvalue weighted by molar-refractivity contribution is -0.148. The Labute approximate surface area is 127 Å². The van der Waals surface area contributed by atoms with Gasteiger partial charge in [-0.2, -0.15) is 0 Å². The van der Waals surface area contributed by atoms with Gasteiger partial charge in [0.05, 0.1) is 0 Å². The van der Waals surface area contributed by atoms with Crippen LogP contribution in [-0.2, 0) is 14.3 Å². The third-order valence-corrected chi connectivity index (χ3v) is 6.18. The fourth-order valence-corrected chi connectivity index (χ4v) is 4.93. The number of ketones is 1. The van der Waals surface area contributed by atoms with E-state index in [1.54, 1.807) is 0 Å². The molecule has 3 heteroatoms. The first kappa shape index (κ1) is 14.8. The van der Waals surface area contributed by atoms with Gasteiger partial charge in [0.1, 0.15) is 11.9 Å². The molecule has 0 heterocycles. The summed E-state index contributed by atoms with van der Waals surface area (Å²) < 4.78 is 5.41. The van der Waals surface area contributed by atoms with Crippen molar-refractivity contribution in [3.63, 3.8) is 0 Å². The molecule has 0 unspecified atom stereocenters. The molecule has 0 radical (unpaired) electrons. The molecule has 0 amide bonds. The third kappa shape index (κ3) is 2.45. The number of rotatable bonds is 1. The number of esters is 1. The van der Waals surface area contributed by atoms with E-state index < -0.39 is 0 Å². The Morgan fingerprint density at radius 1 is 1.33 bits per heavy atom. The number of Topliss-reactive ketones (excluding diaryl/α,β-unsaturated/α-hetero) is 1. The quantitative estimate of drug-likeness (QED) is 0.546. The van der Waals surface area contributed by atoms with Crippen molar-refractivity contribution >= 4 is 11.8 Å². The summed E-state index contributed by atoms with van der Waals surface area (Å²) in [6.45, 7) is 5.90. The van der Waals surface area contributed by atoms with Gasteiger partial charge in [0.15, 0.2) is 0 Å². The zero-order valence-corrected chi connectivity index (χ0v) is 13.4. The lowest BCUT2D eigenvalue weighted by atomic mass is 9.52. The Balaban J connectivity index is 1.82. The van der Waals surface area contributed by atoms with E-state index in [0.29, 0.717) is 11.7 Å². The molecule has 0 aromatic heterocycles. The molecule has 3 nitrogen and oxygen atoms in total. The van der Waals surface area contributed by atoms with Gasteiger partial charge in [-0.25, -0.2) is 0 Å². The van der Waals surface area contributed by atoms with Crippen LogP contribution in [0.4, 0.5) is 0 Å². The van der Waals surface area contributed by atoms with Crippen molar-refractivity contribution in [1.29, 1.82) is 0 Å². The maximum atomic E-state index is 12.5. The number of hydrogen-bond acceptors (Lipinski definition) is 3. The molecule has 3 rings (SSSR count). The number of hydrogen-bond donors (Lipinski definition) is 0. The zero-order chi connectivity index (χ0) is 15.2. The maximum Gasteiger partial charge on any atom is 0.302 e. The van der Waals surface area contributed by atoms with E-state index in [-0.39, 0.29) is 29.3 Å². The molecule has 0 N–H and O–H groups in total. The smallest absolute Gasteiger partial charge is 0.302 e. The lowest BCUT2D eigenvalue weighted by Crippen LogP contribution is -2.48. The van der Waals surface area contributed by atoms with Gasteiger partial charge in [-0.3, -0.25) is 9.59 Å². The molecule has 3 aliphatic carbocycles. The number of allylic oxidation sites excluding steroid dienone is 1. The molecule has 3 aliphatic rings. The highest BCUT2D eigenvalue weighted by Gasteiger charge is 2.51. The minimum atomic E-state index is -0.181. The van der Waals surface area contributed by atoms with E-state index in [2.05, 4.69) is 19.9 Å². The van der Waals surface area contributed by atoms with Crippen LogP contribution >= 0.6 is 0 Å². The Hall–Kier alpha value is -1.12. The average Bonchev–Trinajstić information content (AvgIpc) is 2.42. The summed E-state index contributed by atoms with van der Waals surface area (Å²) in [5, 5.41) is 0. The predicted molar refractivity (Wildman–Crippen MR) is 80.6 cm³/mol. The molecule has 0 bridgehead atoms. The van der Waals surface area contributed by atoms with E-state index in [9.17, 15) is 9.59 Å². The van der Waals surface area contributed by atoms with Crippen LogP contribution in [0.1, 0.15) is 59.3 Å². The highest BCUT2D eigenvalue weighted by atomic mass is 16.5. The number of fused-ring (bicyclic) bond motifs is 3. The molecule has 0 aromatic carbocycles. The summed E-state index contributed by atoms with van der Waals surface area (Å²) in [4.78, 5) is 23.7. The van der Waals surface area contributed by atoms with Crippen LogP contribution in [0.3, 0.4) is 0 Å². The second-order valence-corrected chi connectivity index (χ2v) is 7.45. The van der Waals surface area contributed by atoms with Crippen LogP contribution in [0.25, 0.3) is 0 Å². The molecular formula is C18H26O3. The molecule has 2 saturated carbocycles. The lowest BCUT2D eigenvalue weighted by Gasteiger charge is -2.52. The first-order valence-corrected chi connectivity index (χ1v) is 8.32. The van der Waals surface area contributed by atoms with Gasteiger partial charge < -0.3 is 4.74 Å². The Bertz CT molecular complexity index is 493. The topological polar surface area (TPSA) is 43.4 Å². The van der Waals surface area contributed by atoms with Crippen molar-refractivity contribution in [3.8, 4) is 0 Å². The molecule has 116 valence electrons. The molecule has 0 spiro atoms. The summed E-state index contributed by atoms with van der Waals surface area (Å²) in [7, 11) is 0.